The van der Waals surface area contributed by atoms with Gasteiger partial charge in [0.25, 0.3) is 0 Å². The molecule has 0 bridgehead atoms. The Morgan fingerprint density at radius 1 is 1.07 bits per heavy atom. The van der Waals surface area contributed by atoms with Gasteiger partial charge in [-0.2, -0.15) is 0 Å². The smallest absolute Gasteiger partial charge is 0.232 e. The lowest BCUT2D eigenvalue weighted by Crippen LogP contribution is -1.97. The molecule has 0 amide bonds. The van der Waals surface area contributed by atoms with E-state index < -0.39 is 0 Å². The first-order valence-electron chi connectivity index (χ1n) is 4.80. The van der Waals surface area contributed by atoms with Crippen LogP contribution in [0.5, 0.6) is 5.88 Å². The molecule has 0 atom stereocenters. The Balaban J connectivity index is 1.96. The van der Waals surface area contributed by atoms with Crippen molar-refractivity contribution in [3.63, 3.8) is 0 Å². The second-order valence-electron chi connectivity index (χ2n) is 3.27. The second-order valence-corrected chi connectivity index (χ2v) is 3.27. The van der Waals surface area contributed by atoms with Gasteiger partial charge in [0.05, 0.1) is 18.1 Å². The summed E-state index contributed by atoms with van der Waals surface area (Å²) < 4.78 is 5.47. The molecule has 3 heteroatoms. The van der Waals surface area contributed by atoms with Crippen LogP contribution in [0, 0.1) is 6.92 Å². The van der Waals surface area contributed by atoms with Crippen LogP contribution in [0.15, 0.2) is 42.7 Å². The lowest BCUT2D eigenvalue weighted by molar-refractivity contribution is 0.292. The third kappa shape index (κ3) is 2.77. The van der Waals surface area contributed by atoms with Crippen LogP contribution in [0.1, 0.15) is 11.3 Å². The summed E-state index contributed by atoms with van der Waals surface area (Å²) >= 11 is 0. The van der Waals surface area contributed by atoms with Crippen LogP contribution in [0.2, 0.25) is 0 Å². The molecule has 0 saturated heterocycles. The molecular weight excluding hydrogens is 188 g/mol. The molecule has 0 saturated carbocycles. The number of benzene rings is 1. The summed E-state index contributed by atoms with van der Waals surface area (Å²) in [6.07, 6.45) is 3.33. The molecule has 15 heavy (non-hydrogen) atoms. The Hall–Kier alpha value is -1.90. The molecule has 1 aromatic heterocycles. The van der Waals surface area contributed by atoms with Crippen LogP contribution in [0.3, 0.4) is 0 Å². The Kier molecular flexibility index (Phi) is 2.93. The van der Waals surface area contributed by atoms with Crippen molar-refractivity contribution in [2.75, 3.05) is 0 Å². The molecule has 0 spiro atoms. The van der Waals surface area contributed by atoms with Crippen molar-refractivity contribution in [3.8, 4) is 5.88 Å². The number of rotatable bonds is 3. The number of hydrogen-bond donors (Lipinski definition) is 0. The van der Waals surface area contributed by atoms with E-state index in [4.69, 9.17) is 4.74 Å². The Morgan fingerprint density at radius 3 is 2.53 bits per heavy atom. The summed E-state index contributed by atoms with van der Waals surface area (Å²) in [6, 6.07) is 9.98. The molecule has 0 unspecified atom stereocenters. The monoisotopic (exact) mass is 200 g/mol. The molecule has 76 valence electrons. The van der Waals surface area contributed by atoms with Crippen LogP contribution in [-0.2, 0) is 6.61 Å². The quantitative estimate of drug-likeness (QED) is 0.762. The Morgan fingerprint density at radius 2 is 1.87 bits per heavy atom. The predicted octanol–water partition coefficient (Wildman–Crippen LogP) is 2.36. The molecule has 1 heterocycles. The summed E-state index contributed by atoms with van der Waals surface area (Å²) in [6.45, 7) is 2.42. The highest BCUT2D eigenvalue weighted by atomic mass is 16.5. The van der Waals surface area contributed by atoms with Gasteiger partial charge in [0, 0.05) is 0 Å². The minimum Gasteiger partial charge on any atom is -0.472 e. The third-order valence-electron chi connectivity index (χ3n) is 1.99. The number of ether oxygens (including phenoxy) is 1. The van der Waals surface area contributed by atoms with Crippen LogP contribution < -0.4 is 4.74 Å². The van der Waals surface area contributed by atoms with Gasteiger partial charge in [-0.15, -0.1) is 0 Å². The molecule has 0 radical (unpaired) electrons. The lowest BCUT2D eigenvalue weighted by Gasteiger charge is -2.04. The highest BCUT2D eigenvalue weighted by molar-refractivity contribution is 5.15. The second kappa shape index (κ2) is 4.55. The third-order valence-corrected chi connectivity index (χ3v) is 1.99. The van der Waals surface area contributed by atoms with E-state index in [2.05, 4.69) is 9.97 Å². The zero-order valence-electron chi connectivity index (χ0n) is 8.55. The molecule has 0 N–H and O–H groups in total. The molecule has 0 fully saturated rings. The average Bonchev–Trinajstić information content (AvgIpc) is 2.30. The summed E-state index contributed by atoms with van der Waals surface area (Å²) in [5, 5.41) is 0. The van der Waals surface area contributed by atoms with E-state index >= 15 is 0 Å². The fraction of sp³-hybridized carbons (Fsp3) is 0.167. The van der Waals surface area contributed by atoms with E-state index in [0.717, 1.165) is 11.3 Å². The van der Waals surface area contributed by atoms with Crippen LogP contribution >= 0.6 is 0 Å². The predicted molar refractivity (Wildman–Crippen MR) is 57.5 cm³/mol. The number of hydrogen-bond acceptors (Lipinski definition) is 3. The molecule has 2 aromatic rings. The van der Waals surface area contributed by atoms with Crippen molar-refractivity contribution < 1.29 is 4.74 Å². The lowest BCUT2D eigenvalue weighted by atomic mass is 10.2. The summed E-state index contributed by atoms with van der Waals surface area (Å²) in [7, 11) is 0. The minimum atomic E-state index is 0.526. The topological polar surface area (TPSA) is 35.0 Å². The highest BCUT2D eigenvalue weighted by Gasteiger charge is 1.96. The van der Waals surface area contributed by atoms with Gasteiger partial charge in [0.15, 0.2) is 0 Å². The van der Waals surface area contributed by atoms with Gasteiger partial charge in [-0.3, -0.25) is 4.98 Å². The minimum absolute atomic E-state index is 0.526. The number of aryl methyl sites for hydroxylation is 1. The first-order chi connectivity index (χ1) is 7.34. The first kappa shape index (κ1) is 9.65. The molecule has 0 aliphatic heterocycles. The van der Waals surface area contributed by atoms with Gasteiger partial charge in [0.2, 0.25) is 5.88 Å². The summed E-state index contributed by atoms with van der Waals surface area (Å²) in [5.41, 5.74) is 2.02. The van der Waals surface area contributed by atoms with E-state index in [-0.39, 0.29) is 0 Å². The first-order valence-corrected chi connectivity index (χ1v) is 4.80. The van der Waals surface area contributed by atoms with Crippen molar-refractivity contribution >= 4 is 0 Å². The summed E-state index contributed by atoms with van der Waals surface area (Å²) in [5.74, 6) is 0.560. The maximum absolute atomic E-state index is 5.47. The molecule has 0 aliphatic carbocycles. The van der Waals surface area contributed by atoms with Crippen molar-refractivity contribution in [2.45, 2.75) is 13.5 Å². The SMILES string of the molecule is Cc1cnc(OCc2ccccc2)cn1. The van der Waals surface area contributed by atoms with Gasteiger partial charge in [-0.25, -0.2) is 4.98 Å². The molecule has 0 aliphatic rings. The van der Waals surface area contributed by atoms with Gasteiger partial charge < -0.3 is 4.74 Å². The largest absolute Gasteiger partial charge is 0.472 e. The molecule has 3 nitrogen and oxygen atoms in total. The molecular formula is C12H12N2O. The van der Waals surface area contributed by atoms with Crippen LogP contribution in [0.4, 0.5) is 0 Å². The van der Waals surface area contributed by atoms with E-state index in [1.165, 1.54) is 0 Å². The maximum atomic E-state index is 5.47. The normalized spacial score (nSPS) is 9.93. The fourth-order valence-corrected chi connectivity index (χ4v) is 1.19. The van der Waals surface area contributed by atoms with Gasteiger partial charge in [-0.1, -0.05) is 30.3 Å². The molecule has 1 aromatic carbocycles. The zero-order chi connectivity index (χ0) is 10.5. The van der Waals surface area contributed by atoms with E-state index in [1.807, 2.05) is 37.3 Å². The number of aromatic nitrogens is 2. The van der Waals surface area contributed by atoms with Crippen molar-refractivity contribution in [1.29, 1.82) is 0 Å². The molecule has 2 rings (SSSR count). The van der Waals surface area contributed by atoms with E-state index in [1.54, 1.807) is 12.4 Å². The van der Waals surface area contributed by atoms with Crippen LogP contribution in [0.25, 0.3) is 0 Å². The number of nitrogens with zero attached hydrogens (tertiary/aromatic N) is 2. The average molecular weight is 200 g/mol. The maximum Gasteiger partial charge on any atom is 0.232 e. The van der Waals surface area contributed by atoms with E-state index in [9.17, 15) is 0 Å². The van der Waals surface area contributed by atoms with Gasteiger partial charge >= 0.3 is 0 Å². The Bertz CT molecular complexity index is 411. The van der Waals surface area contributed by atoms with Gasteiger partial charge in [-0.05, 0) is 12.5 Å². The Labute approximate surface area is 88.8 Å². The fourth-order valence-electron chi connectivity index (χ4n) is 1.19. The standard InChI is InChI=1S/C12H12N2O/c1-10-7-14-12(8-13-10)15-9-11-5-3-2-4-6-11/h2-8H,9H2,1H3. The van der Waals surface area contributed by atoms with Crippen LogP contribution in [-0.4, -0.2) is 9.97 Å². The van der Waals surface area contributed by atoms with Crippen molar-refractivity contribution in [1.82, 2.24) is 9.97 Å². The van der Waals surface area contributed by atoms with Crippen molar-refractivity contribution in [2.24, 2.45) is 0 Å². The van der Waals surface area contributed by atoms with Crippen molar-refractivity contribution in [3.05, 3.63) is 54.0 Å². The van der Waals surface area contributed by atoms with E-state index in [0.29, 0.717) is 12.5 Å². The highest BCUT2D eigenvalue weighted by Crippen LogP contribution is 2.07. The van der Waals surface area contributed by atoms with Gasteiger partial charge in [0.1, 0.15) is 6.61 Å². The zero-order valence-corrected chi connectivity index (χ0v) is 8.55. The summed E-state index contributed by atoms with van der Waals surface area (Å²) in [4.78, 5) is 8.21.